The number of para-hydroxylation sites is 1. The van der Waals surface area contributed by atoms with Crippen LogP contribution in [0.15, 0.2) is 35.6 Å². The summed E-state index contributed by atoms with van der Waals surface area (Å²) >= 11 is 0. The normalized spacial score (nSPS) is 12.2. The van der Waals surface area contributed by atoms with Gasteiger partial charge in [-0.1, -0.05) is 23.4 Å². The molecule has 4 N–H and O–H groups in total. The zero-order chi connectivity index (χ0) is 9.26. The lowest BCUT2D eigenvalue weighted by atomic mass is 10.2. The van der Waals surface area contributed by atoms with Crippen molar-refractivity contribution >= 4 is 16.7 Å². The number of hydrogen-bond acceptors (Lipinski definition) is 2. The lowest BCUT2D eigenvalue weighted by molar-refractivity contribution is 0.318. The highest BCUT2D eigenvalue weighted by molar-refractivity contribution is 6.08. The number of nitrogens with one attached hydrogen (secondary N) is 1. The van der Waals surface area contributed by atoms with Crippen LogP contribution in [0.4, 0.5) is 0 Å². The number of aromatic nitrogens is 1. The molecular formula is C9H9N3O. The van der Waals surface area contributed by atoms with E-state index in [4.69, 9.17) is 10.9 Å². The summed E-state index contributed by atoms with van der Waals surface area (Å²) in [7, 11) is 0. The van der Waals surface area contributed by atoms with Crippen molar-refractivity contribution in [3.05, 3.63) is 36.0 Å². The number of fused-ring (bicyclic) bond motifs is 1. The Morgan fingerprint density at radius 2 is 2.15 bits per heavy atom. The van der Waals surface area contributed by atoms with Crippen molar-refractivity contribution in [1.29, 1.82) is 0 Å². The second-order valence-electron chi connectivity index (χ2n) is 2.73. The first kappa shape index (κ1) is 7.67. The molecule has 0 amide bonds. The molecule has 0 spiro atoms. The molecule has 0 bridgehead atoms. The minimum absolute atomic E-state index is 0.123. The van der Waals surface area contributed by atoms with Crippen molar-refractivity contribution in [1.82, 2.24) is 4.98 Å². The zero-order valence-electron chi connectivity index (χ0n) is 6.86. The Balaban J connectivity index is 2.71. The van der Waals surface area contributed by atoms with Gasteiger partial charge in [-0.3, -0.25) is 0 Å². The maximum Gasteiger partial charge on any atom is 0.172 e. The molecule has 1 heterocycles. The summed E-state index contributed by atoms with van der Waals surface area (Å²) in [4.78, 5) is 3.03. The van der Waals surface area contributed by atoms with E-state index in [0.717, 1.165) is 16.5 Å². The molecule has 66 valence electrons. The van der Waals surface area contributed by atoms with Gasteiger partial charge in [-0.15, -0.1) is 0 Å². The average Bonchev–Trinajstić information content (AvgIpc) is 2.60. The van der Waals surface area contributed by atoms with Gasteiger partial charge in [0.1, 0.15) is 0 Å². The molecule has 0 saturated heterocycles. The summed E-state index contributed by atoms with van der Waals surface area (Å²) in [6.07, 6.45) is 1.72. The molecule has 1 aromatic carbocycles. The van der Waals surface area contributed by atoms with Gasteiger partial charge in [0, 0.05) is 22.7 Å². The van der Waals surface area contributed by atoms with Crippen molar-refractivity contribution in [3.63, 3.8) is 0 Å². The Morgan fingerprint density at radius 3 is 2.92 bits per heavy atom. The van der Waals surface area contributed by atoms with E-state index >= 15 is 0 Å². The second-order valence-corrected chi connectivity index (χ2v) is 2.73. The van der Waals surface area contributed by atoms with Gasteiger partial charge in [0.2, 0.25) is 0 Å². The smallest absolute Gasteiger partial charge is 0.172 e. The van der Waals surface area contributed by atoms with E-state index in [1.54, 1.807) is 6.20 Å². The fraction of sp³-hybridized carbons (Fsp3) is 0. The number of amidine groups is 1. The minimum Gasteiger partial charge on any atom is -0.409 e. The van der Waals surface area contributed by atoms with E-state index in [2.05, 4.69) is 10.1 Å². The largest absolute Gasteiger partial charge is 0.409 e. The highest BCUT2D eigenvalue weighted by Gasteiger charge is 2.05. The van der Waals surface area contributed by atoms with Crippen molar-refractivity contribution in [3.8, 4) is 0 Å². The third kappa shape index (κ3) is 1.12. The maximum absolute atomic E-state index is 8.52. The fourth-order valence-electron chi connectivity index (χ4n) is 1.34. The van der Waals surface area contributed by atoms with Crippen molar-refractivity contribution < 1.29 is 5.21 Å². The summed E-state index contributed by atoms with van der Waals surface area (Å²) in [6.45, 7) is 0. The van der Waals surface area contributed by atoms with Gasteiger partial charge in [0.15, 0.2) is 5.84 Å². The minimum atomic E-state index is 0.123. The lowest BCUT2D eigenvalue weighted by Crippen LogP contribution is -2.12. The highest BCUT2D eigenvalue weighted by atomic mass is 16.4. The molecule has 13 heavy (non-hydrogen) atoms. The van der Waals surface area contributed by atoms with Gasteiger partial charge in [-0.25, -0.2) is 0 Å². The van der Waals surface area contributed by atoms with Crippen LogP contribution in [-0.2, 0) is 0 Å². The van der Waals surface area contributed by atoms with E-state index in [0.29, 0.717) is 0 Å². The van der Waals surface area contributed by atoms with Crippen LogP contribution in [0.25, 0.3) is 10.9 Å². The molecule has 0 radical (unpaired) electrons. The third-order valence-electron chi connectivity index (χ3n) is 1.97. The Labute approximate surface area is 74.7 Å². The maximum atomic E-state index is 8.52. The number of nitrogens with zero attached hydrogens (tertiary/aromatic N) is 1. The monoisotopic (exact) mass is 175 g/mol. The molecule has 0 aliphatic heterocycles. The predicted molar refractivity (Wildman–Crippen MR) is 50.8 cm³/mol. The lowest BCUT2D eigenvalue weighted by Gasteiger charge is -1.94. The Kier molecular flexibility index (Phi) is 1.66. The molecule has 4 nitrogen and oxygen atoms in total. The van der Waals surface area contributed by atoms with Gasteiger partial charge in [-0.2, -0.15) is 0 Å². The van der Waals surface area contributed by atoms with Gasteiger partial charge in [0.25, 0.3) is 0 Å². The molecule has 1 aromatic heterocycles. The average molecular weight is 175 g/mol. The van der Waals surface area contributed by atoms with E-state index in [1.807, 2.05) is 24.3 Å². The quantitative estimate of drug-likeness (QED) is 0.264. The molecule has 0 aliphatic carbocycles. The van der Waals surface area contributed by atoms with Crippen LogP contribution in [0.1, 0.15) is 5.56 Å². The third-order valence-corrected chi connectivity index (χ3v) is 1.97. The number of H-pyrrole nitrogens is 1. The van der Waals surface area contributed by atoms with E-state index in [9.17, 15) is 0 Å². The topological polar surface area (TPSA) is 74.4 Å². The van der Waals surface area contributed by atoms with Crippen molar-refractivity contribution in [2.75, 3.05) is 0 Å². The molecule has 0 unspecified atom stereocenters. The molecule has 0 fully saturated rings. The first-order chi connectivity index (χ1) is 6.33. The fourth-order valence-corrected chi connectivity index (χ4v) is 1.34. The molecular weight excluding hydrogens is 166 g/mol. The van der Waals surface area contributed by atoms with E-state index in [1.165, 1.54) is 0 Å². The zero-order valence-corrected chi connectivity index (χ0v) is 6.86. The molecule has 0 saturated carbocycles. The number of aromatic amines is 1. The van der Waals surface area contributed by atoms with Crippen molar-refractivity contribution in [2.24, 2.45) is 10.9 Å². The summed E-state index contributed by atoms with van der Waals surface area (Å²) in [6, 6.07) is 7.68. The number of benzene rings is 1. The SMILES string of the molecule is NC(=NO)c1c[nH]c2ccccc12. The van der Waals surface area contributed by atoms with Crippen LogP contribution in [0.3, 0.4) is 0 Å². The van der Waals surface area contributed by atoms with Crippen LogP contribution < -0.4 is 5.73 Å². The Morgan fingerprint density at radius 1 is 1.38 bits per heavy atom. The summed E-state index contributed by atoms with van der Waals surface area (Å²) < 4.78 is 0. The Hall–Kier alpha value is -1.97. The molecule has 0 aliphatic rings. The first-order valence-electron chi connectivity index (χ1n) is 3.87. The second kappa shape index (κ2) is 2.82. The summed E-state index contributed by atoms with van der Waals surface area (Å²) in [5, 5.41) is 12.4. The highest BCUT2D eigenvalue weighted by Crippen LogP contribution is 2.16. The number of oxime groups is 1. The van der Waals surface area contributed by atoms with Crippen LogP contribution >= 0.6 is 0 Å². The van der Waals surface area contributed by atoms with Gasteiger partial charge in [0.05, 0.1) is 0 Å². The van der Waals surface area contributed by atoms with E-state index < -0.39 is 0 Å². The van der Waals surface area contributed by atoms with Gasteiger partial charge >= 0.3 is 0 Å². The number of rotatable bonds is 1. The summed E-state index contributed by atoms with van der Waals surface area (Å²) in [5.41, 5.74) is 7.18. The van der Waals surface area contributed by atoms with Crippen LogP contribution in [0.2, 0.25) is 0 Å². The standard InChI is InChI=1S/C9H9N3O/c10-9(12-13)7-5-11-8-4-2-1-3-6(7)8/h1-5,11,13H,(H2,10,12). The van der Waals surface area contributed by atoms with Crippen LogP contribution in [-0.4, -0.2) is 16.0 Å². The molecule has 0 atom stereocenters. The first-order valence-corrected chi connectivity index (χ1v) is 3.87. The summed E-state index contributed by atoms with van der Waals surface area (Å²) in [5.74, 6) is 0.123. The van der Waals surface area contributed by atoms with Gasteiger partial charge < -0.3 is 15.9 Å². The molecule has 2 aromatic rings. The number of nitrogens with two attached hydrogens (primary N) is 1. The Bertz CT molecular complexity index is 459. The van der Waals surface area contributed by atoms with Gasteiger partial charge in [-0.05, 0) is 6.07 Å². The predicted octanol–water partition coefficient (Wildman–Crippen LogP) is 1.26. The molecule has 2 rings (SSSR count). The van der Waals surface area contributed by atoms with E-state index in [-0.39, 0.29) is 5.84 Å². The molecule has 4 heteroatoms. The van der Waals surface area contributed by atoms with Crippen LogP contribution in [0, 0.1) is 0 Å². The number of hydrogen-bond donors (Lipinski definition) is 3. The van der Waals surface area contributed by atoms with Crippen molar-refractivity contribution in [2.45, 2.75) is 0 Å². The van der Waals surface area contributed by atoms with Crippen LogP contribution in [0.5, 0.6) is 0 Å².